The summed E-state index contributed by atoms with van der Waals surface area (Å²) in [4.78, 5) is 25.1. The maximum Gasteiger partial charge on any atom is 0.273 e. The highest BCUT2D eigenvalue weighted by atomic mass is 35.5. The second kappa shape index (κ2) is 16.2. The predicted molar refractivity (Wildman–Crippen MR) is 166 cm³/mol. The van der Waals surface area contributed by atoms with Gasteiger partial charge in [-0.05, 0) is 36.8 Å². The summed E-state index contributed by atoms with van der Waals surface area (Å²) in [5.41, 5.74) is 1.04. The van der Waals surface area contributed by atoms with Crippen molar-refractivity contribution in [3.63, 3.8) is 0 Å². The lowest BCUT2D eigenvalue weighted by Gasteiger charge is -2.11. The van der Waals surface area contributed by atoms with Crippen LogP contribution in [0.1, 0.15) is 84.0 Å². The molecule has 0 aliphatic rings. The largest absolute Gasteiger partial charge is 0.339 e. The first-order chi connectivity index (χ1) is 18.8. The molecule has 0 saturated carbocycles. The van der Waals surface area contributed by atoms with Crippen LogP contribution >= 0.6 is 46.4 Å². The third-order valence-corrected chi connectivity index (χ3v) is 7.58. The van der Waals surface area contributed by atoms with Crippen molar-refractivity contribution in [2.75, 3.05) is 10.6 Å². The van der Waals surface area contributed by atoms with Gasteiger partial charge in [-0.25, -0.2) is 4.68 Å². The number of carbonyl (C=O) groups is 1. The van der Waals surface area contributed by atoms with Gasteiger partial charge in [-0.2, -0.15) is 0 Å². The monoisotopic (exact) mass is 612 g/mol. The molecule has 0 atom stereocenters. The van der Waals surface area contributed by atoms with Crippen molar-refractivity contribution in [2.45, 2.75) is 84.0 Å². The van der Waals surface area contributed by atoms with E-state index < -0.39 is 0 Å². The van der Waals surface area contributed by atoms with Gasteiger partial charge in [0.1, 0.15) is 11.5 Å². The summed E-state index contributed by atoms with van der Waals surface area (Å²) in [6, 6.07) is 9.51. The van der Waals surface area contributed by atoms with E-state index >= 15 is 0 Å². The number of benzene rings is 2. The summed E-state index contributed by atoms with van der Waals surface area (Å²) < 4.78 is 1.22. The van der Waals surface area contributed by atoms with E-state index in [-0.39, 0.29) is 27.2 Å². The van der Waals surface area contributed by atoms with Gasteiger partial charge in [0.25, 0.3) is 5.56 Å². The fourth-order valence-electron chi connectivity index (χ4n) is 4.39. The molecule has 0 radical (unpaired) electrons. The molecule has 1 aromatic heterocycles. The number of carbonyl (C=O) groups excluding carboxylic acids is 1. The summed E-state index contributed by atoms with van der Waals surface area (Å²) in [6.07, 6.45) is 14.1. The molecule has 0 aliphatic heterocycles. The molecule has 2 aromatic carbocycles. The van der Waals surface area contributed by atoms with Crippen molar-refractivity contribution in [1.82, 2.24) is 9.78 Å². The van der Waals surface area contributed by atoms with Crippen LogP contribution in [0.4, 0.5) is 17.2 Å². The Hall–Kier alpha value is -2.12. The normalized spacial score (nSPS) is 11.1. The Kier molecular flexibility index (Phi) is 13.1. The molecule has 0 bridgehead atoms. The zero-order valence-electron chi connectivity index (χ0n) is 22.2. The van der Waals surface area contributed by atoms with Crippen molar-refractivity contribution in [2.24, 2.45) is 0 Å². The third kappa shape index (κ3) is 10.1. The Balaban J connectivity index is 1.48. The lowest BCUT2D eigenvalue weighted by atomic mass is 10.1. The number of nitrogens with one attached hydrogen (secondary N) is 3. The number of H-pyrrole nitrogens is 1. The summed E-state index contributed by atoms with van der Waals surface area (Å²) in [7, 11) is 0. The van der Waals surface area contributed by atoms with Crippen molar-refractivity contribution in [1.29, 1.82) is 0 Å². The van der Waals surface area contributed by atoms with E-state index in [2.05, 4.69) is 22.7 Å². The smallest absolute Gasteiger partial charge is 0.273 e. The molecule has 6 nitrogen and oxygen atoms in total. The first kappa shape index (κ1) is 31.4. The van der Waals surface area contributed by atoms with E-state index in [1.165, 1.54) is 80.7 Å². The van der Waals surface area contributed by atoms with Gasteiger partial charge >= 0.3 is 0 Å². The minimum absolute atomic E-state index is 0.0363. The van der Waals surface area contributed by atoms with Gasteiger partial charge in [0.15, 0.2) is 0 Å². The second-order valence-electron chi connectivity index (χ2n) is 9.71. The van der Waals surface area contributed by atoms with E-state index in [1.807, 2.05) is 0 Å². The van der Waals surface area contributed by atoms with Crippen LogP contribution in [-0.4, -0.2) is 15.7 Å². The highest BCUT2D eigenvalue weighted by Gasteiger charge is 2.15. The quantitative estimate of drug-likeness (QED) is 0.141. The molecular weight excluding hydrogens is 578 g/mol. The number of amides is 1. The molecule has 0 unspecified atom stereocenters. The average molecular weight is 614 g/mol. The highest BCUT2D eigenvalue weighted by molar-refractivity contribution is 6.40. The minimum atomic E-state index is -0.379. The SMILES string of the molecule is CCCCCCCCCCCCCC(=O)Nc1ccc(Cl)c(Nc2cc(=O)n(-c3c(Cl)cc(Cl)cc3Cl)[nH]2)c1. The Morgan fingerprint density at radius 3 is 2.00 bits per heavy atom. The number of unbranched alkanes of at least 4 members (excludes halogenated alkanes) is 10. The van der Waals surface area contributed by atoms with Crippen LogP contribution in [0.3, 0.4) is 0 Å². The molecule has 1 amide bonds. The Morgan fingerprint density at radius 1 is 0.795 bits per heavy atom. The number of nitrogens with zero attached hydrogens (tertiary/aromatic N) is 1. The van der Waals surface area contributed by atoms with Crippen LogP contribution in [0.5, 0.6) is 0 Å². The molecule has 3 N–H and O–H groups in total. The standard InChI is InChI=1S/C29H36Cl4N4O2/c1-2-3-4-5-6-7-8-9-10-11-12-13-27(38)34-21-14-15-22(31)25(18-21)35-26-19-28(39)37(36-26)29-23(32)16-20(30)17-24(29)33/h14-19,35-36H,2-13H2,1H3,(H,34,38). The Bertz CT molecular complexity index is 1270. The molecule has 3 aromatic rings. The van der Waals surface area contributed by atoms with Crippen molar-refractivity contribution >= 4 is 69.5 Å². The van der Waals surface area contributed by atoms with Crippen LogP contribution in [0.15, 0.2) is 41.2 Å². The molecule has 39 heavy (non-hydrogen) atoms. The number of halogens is 4. The van der Waals surface area contributed by atoms with Crippen LogP contribution < -0.4 is 16.2 Å². The third-order valence-electron chi connectivity index (χ3n) is 6.45. The molecule has 0 fully saturated rings. The minimum Gasteiger partial charge on any atom is -0.339 e. The van der Waals surface area contributed by atoms with Gasteiger partial charge in [0.2, 0.25) is 5.91 Å². The number of rotatable bonds is 16. The van der Waals surface area contributed by atoms with Gasteiger partial charge in [-0.15, -0.1) is 0 Å². The van der Waals surface area contributed by atoms with E-state index in [0.29, 0.717) is 33.7 Å². The number of hydrogen-bond acceptors (Lipinski definition) is 3. The van der Waals surface area contributed by atoms with Crippen molar-refractivity contribution in [3.05, 3.63) is 66.8 Å². The summed E-state index contributed by atoms with van der Waals surface area (Å²) >= 11 is 24.9. The van der Waals surface area contributed by atoms with Gasteiger partial charge in [0, 0.05) is 23.2 Å². The number of anilines is 3. The predicted octanol–water partition coefficient (Wildman–Crippen LogP) is 10.2. The zero-order chi connectivity index (χ0) is 28.2. The molecule has 0 saturated heterocycles. The molecule has 10 heteroatoms. The fraction of sp³-hybridized carbons (Fsp3) is 0.448. The summed E-state index contributed by atoms with van der Waals surface area (Å²) in [5.74, 6) is 0.333. The number of aromatic amines is 1. The maximum absolute atomic E-state index is 12.6. The first-order valence-corrected chi connectivity index (χ1v) is 15.1. The average Bonchev–Trinajstić information content (AvgIpc) is 3.23. The first-order valence-electron chi connectivity index (χ1n) is 13.6. The van der Waals surface area contributed by atoms with E-state index in [0.717, 1.165) is 12.8 Å². The highest BCUT2D eigenvalue weighted by Crippen LogP contribution is 2.32. The fourth-order valence-corrected chi connectivity index (χ4v) is 5.54. The van der Waals surface area contributed by atoms with E-state index in [1.54, 1.807) is 18.2 Å². The lowest BCUT2D eigenvalue weighted by molar-refractivity contribution is -0.116. The van der Waals surface area contributed by atoms with Crippen LogP contribution in [0.2, 0.25) is 20.1 Å². The second-order valence-corrected chi connectivity index (χ2v) is 11.4. The molecule has 0 spiro atoms. The van der Waals surface area contributed by atoms with Crippen LogP contribution in [0.25, 0.3) is 5.69 Å². The van der Waals surface area contributed by atoms with Gasteiger partial charge < -0.3 is 10.6 Å². The Labute approximate surface area is 250 Å². The summed E-state index contributed by atoms with van der Waals surface area (Å²) in [6.45, 7) is 2.24. The molecule has 1 heterocycles. The van der Waals surface area contributed by atoms with E-state index in [4.69, 9.17) is 46.4 Å². The van der Waals surface area contributed by atoms with Crippen LogP contribution in [-0.2, 0) is 4.79 Å². The van der Waals surface area contributed by atoms with Crippen molar-refractivity contribution < 1.29 is 4.79 Å². The van der Waals surface area contributed by atoms with Crippen LogP contribution in [0, 0.1) is 0 Å². The molecular formula is C29H36Cl4N4O2. The Morgan fingerprint density at radius 2 is 1.38 bits per heavy atom. The summed E-state index contributed by atoms with van der Waals surface area (Å²) in [5, 5.41) is 10.2. The maximum atomic E-state index is 12.6. The topological polar surface area (TPSA) is 78.9 Å². The zero-order valence-corrected chi connectivity index (χ0v) is 25.2. The molecule has 212 valence electrons. The van der Waals surface area contributed by atoms with Gasteiger partial charge in [-0.3, -0.25) is 14.7 Å². The number of hydrogen-bond donors (Lipinski definition) is 3. The van der Waals surface area contributed by atoms with E-state index in [9.17, 15) is 9.59 Å². The number of aromatic nitrogens is 2. The van der Waals surface area contributed by atoms with Gasteiger partial charge in [-0.1, -0.05) is 118 Å². The van der Waals surface area contributed by atoms with Gasteiger partial charge in [0.05, 0.1) is 20.8 Å². The lowest BCUT2D eigenvalue weighted by Crippen LogP contribution is -2.14. The molecule has 3 rings (SSSR count). The molecule has 0 aliphatic carbocycles. The van der Waals surface area contributed by atoms with Crippen molar-refractivity contribution in [3.8, 4) is 5.69 Å².